The zero-order valence-electron chi connectivity index (χ0n) is 12.2. The van der Waals surface area contributed by atoms with Gasteiger partial charge in [-0.05, 0) is 44.6 Å². The van der Waals surface area contributed by atoms with Crippen molar-refractivity contribution < 1.29 is 4.74 Å². The highest BCUT2D eigenvalue weighted by molar-refractivity contribution is 5.25. The minimum absolute atomic E-state index is 0.105. The molecule has 0 aliphatic carbocycles. The molecule has 0 aromatic carbocycles. The fourth-order valence-electron chi connectivity index (χ4n) is 2.07. The van der Waals surface area contributed by atoms with E-state index in [0.29, 0.717) is 6.61 Å². The Balaban J connectivity index is 2.65. The number of hydrazine groups is 1. The zero-order valence-corrected chi connectivity index (χ0v) is 12.2. The summed E-state index contributed by atoms with van der Waals surface area (Å²) in [5, 5.41) is 0. The molecule has 19 heavy (non-hydrogen) atoms. The van der Waals surface area contributed by atoms with Crippen molar-refractivity contribution in [2.75, 3.05) is 26.2 Å². The monoisotopic (exact) mass is 266 g/mol. The molecule has 108 valence electrons. The Kier molecular flexibility index (Phi) is 7.40. The van der Waals surface area contributed by atoms with Crippen molar-refractivity contribution in [1.29, 1.82) is 0 Å². The van der Waals surface area contributed by atoms with E-state index in [-0.39, 0.29) is 6.04 Å². The molecule has 0 spiro atoms. The standard InChI is InChI=1S/C14H26N4O/c1-4-18(5-2)8-7-14(17-15)12-9-13(19-6-3)11-16-10-12/h9-11,14,17H,4-8,15H2,1-3H3. The van der Waals surface area contributed by atoms with Gasteiger partial charge < -0.3 is 9.64 Å². The molecule has 1 atom stereocenters. The van der Waals surface area contributed by atoms with Gasteiger partial charge in [0.2, 0.25) is 0 Å². The summed E-state index contributed by atoms with van der Waals surface area (Å²) < 4.78 is 5.47. The van der Waals surface area contributed by atoms with Gasteiger partial charge >= 0.3 is 0 Å². The Morgan fingerprint density at radius 1 is 1.32 bits per heavy atom. The molecule has 0 radical (unpaired) electrons. The van der Waals surface area contributed by atoms with Crippen LogP contribution >= 0.6 is 0 Å². The third-order valence-corrected chi connectivity index (χ3v) is 3.28. The molecule has 5 heteroatoms. The lowest BCUT2D eigenvalue weighted by atomic mass is 10.1. The van der Waals surface area contributed by atoms with Gasteiger partial charge in [-0.25, -0.2) is 0 Å². The quantitative estimate of drug-likeness (QED) is 0.526. The predicted molar refractivity (Wildman–Crippen MR) is 77.9 cm³/mol. The van der Waals surface area contributed by atoms with E-state index in [2.05, 4.69) is 29.2 Å². The van der Waals surface area contributed by atoms with E-state index in [0.717, 1.165) is 37.4 Å². The number of nitrogens with zero attached hydrogens (tertiary/aromatic N) is 2. The fourth-order valence-corrected chi connectivity index (χ4v) is 2.07. The molecule has 3 N–H and O–H groups in total. The Bertz CT molecular complexity index is 355. The first-order chi connectivity index (χ1) is 9.24. The van der Waals surface area contributed by atoms with Crippen LogP contribution in [0.3, 0.4) is 0 Å². The van der Waals surface area contributed by atoms with Crippen molar-refractivity contribution in [2.45, 2.75) is 33.2 Å². The van der Waals surface area contributed by atoms with Gasteiger partial charge in [0.15, 0.2) is 0 Å². The van der Waals surface area contributed by atoms with Gasteiger partial charge in [-0.3, -0.25) is 16.3 Å². The van der Waals surface area contributed by atoms with Gasteiger partial charge in [0.25, 0.3) is 0 Å². The summed E-state index contributed by atoms with van der Waals surface area (Å²) in [5.41, 5.74) is 3.94. The van der Waals surface area contributed by atoms with Crippen molar-refractivity contribution in [3.05, 3.63) is 24.0 Å². The van der Waals surface area contributed by atoms with Gasteiger partial charge in [0.05, 0.1) is 12.8 Å². The summed E-state index contributed by atoms with van der Waals surface area (Å²) in [6.07, 6.45) is 4.52. The number of ether oxygens (including phenoxy) is 1. The van der Waals surface area contributed by atoms with Gasteiger partial charge in [-0.15, -0.1) is 0 Å². The van der Waals surface area contributed by atoms with Crippen LogP contribution in [-0.2, 0) is 0 Å². The smallest absolute Gasteiger partial charge is 0.137 e. The van der Waals surface area contributed by atoms with Crippen molar-refractivity contribution in [3.63, 3.8) is 0 Å². The van der Waals surface area contributed by atoms with Crippen molar-refractivity contribution in [1.82, 2.24) is 15.3 Å². The number of aromatic nitrogens is 1. The van der Waals surface area contributed by atoms with Crippen LogP contribution in [0.2, 0.25) is 0 Å². The van der Waals surface area contributed by atoms with E-state index in [1.54, 1.807) is 6.20 Å². The Morgan fingerprint density at radius 2 is 2.05 bits per heavy atom. The first-order valence-electron chi connectivity index (χ1n) is 7.01. The SMILES string of the molecule is CCOc1cncc(C(CCN(CC)CC)NN)c1. The average Bonchev–Trinajstić information content (AvgIpc) is 2.44. The molecule has 0 aliphatic rings. The van der Waals surface area contributed by atoms with Crippen molar-refractivity contribution >= 4 is 0 Å². The number of hydrogen-bond acceptors (Lipinski definition) is 5. The van der Waals surface area contributed by atoms with E-state index < -0.39 is 0 Å². The molecule has 0 fully saturated rings. The topological polar surface area (TPSA) is 63.4 Å². The number of hydrogen-bond donors (Lipinski definition) is 2. The maximum atomic E-state index is 5.66. The molecule has 5 nitrogen and oxygen atoms in total. The first-order valence-corrected chi connectivity index (χ1v) is 7.01. The summed E-state index contributed by atoms with van der Waals surface area (Å²) in [5.74, 6) is 6.46. The van der Waals surface area contributed by atoms with Gasteiger partial charge in [-0.1, -0.05) is 13.8 Å². The van der Waals surface area contributed by atoms with Crippen LogP contribution < -0.4 is 16.0 Å². The highest BCUT2D eigenvalue weighted by Gasteiger charge is 2.12. The van der Waals surface area contributed by atoms with Gasteiger partial charge in [-0.2, -0.15) is 0 Å². The van der Waals surface area contributed by atoms with Crippen LogP contribution in [0.25, 0.3) is 0 Å². The van der Waals surface area contributed by atoms with Gasteiger partial charge in [0.1, 0.15) is 5.75 Å². The lowest BCUT2D eigenvalue weighted by molar-refractivity contribution is 0.281. The zero-order chi connectivity index (χ0) is 14.1. The largest absolute Gasteiger partial charge is 0.492 e. The average molecular weight is 266 g/mol. The number of rotatable bonds is 9. The summed E-state index contributed by atoms with van der Waals surface area (Å²) >= 11 is 0. The number of pyridine rings is 1. The first kappa shape index (κ1) is 15.9. The molecule has 0 saturated heterocycles. The molecule has 0 bridgehead atoms. The van der Waals surface area contributed by atoms with E-state index >= 15 is 0 Å². The minimum atomic E-state index is 0.105. The molecular weight excluding hydrogens is 240 g/mol. The molecule has 1 unspecified atom stereocenters. The minimum Gasteiger partial charge on any atom is -0.492 e. The van der Waals surface area contributed by atoms with Crippen molar-refractivity contribution in [3.8, 4) is 5.75 Å². The second-order valence-electron chi connectivity index (χ2n) is 4.42. The second kappa shape index (κ2) is 8.85. The fraction of sp³-hybridized carbons (Fsp3) is 0.643. The summed E-state index contributed by atoms with van der Waals surface area (Å²) in [6.45, 7) is 10.1. The molecule has 1 heterocycles. The molecule has 0 aliphatic heterocycles. The molecule has 0 saturated carbocycles. The lowest BCUT2D eigenvalue weighted by Crippen LogP contribution is -2.32. The Hall–Kier alpha value is -1.17. The van der Waals surface area contributed by atoms with Crippen LogP contribution in [0.4, 0.5) is 0 Å². The maximum absolute atomic E-state index is 5.66. The highest BCUT2D eigenvalue weighted by atomic mass is 16.5. The van der Waals surface area contributed by atoms with Crippen molar-refractivity contribution in [2.24, 2.45) is 5.84 Å². The van der Waals surface area contributed by atoms with E-state index in [4.69, 9.17) is 10.6 Å². The van der Waals surface area contributed by atoms with Crippen LogP contribution in [-0.4, -0.2) is 36.1 Å². The van der Waals surface area contributed by atoms with E-state index in [9.17, 15) is 0 Å². The van der Waals surface area contributed by atoms with Crippen LogP contribution in [0.1, 0.15) is 38.8 Å². The molecule has 0 amide bonds. The Morgan fingerprint density at radius 3 is 2.63 bits per heavy atom. The third kappa shape index (κ3) is 5.14. The predicted octanol–water partition coefficient (Wildman–Crippen LogP) is 1.72. The van der Waals surface area contributed by atoms with E-state index in [1.165, 1.54) is 0 Å². The van der Waals surface area contributed by atoms with E-state index in [1.807, 2.05) is 19.2 Å². The van der Waals surface area contributed by atoms with Crippen LogP contribution in [0.15, 0.2) is 18.5 Å². The summed E-state index contributed by atoms with van der Waals surface area (Å²) in [6, 6.07) is 2.11. The van der Waals surface area contributed by atoms with Crippen LogP contribution in [0.5, 0.6) is 5.75 Å². The Labute approximate surface area is 116 Å². The number of nitrogens with two attached hydrogens (primary N) is 1. The summed E-state index contributed by atoms with van der Waals surface area (Å²) in [7, 11) is 0. The molecule has 1 rings (SSSR count). The second-order valence-corrected chi connectivity index (χ2v) is 4.42. The molecule has 1 aromatic heterocycles. The molecule has 1 aromatic rings. The van der Waals surface area contributed by atoms with Crippen LogP contribution in [0, 0.1) is 0 Å². The maximum Gasteiger partial charge on any atom is 0.137 e. The highest BCUT2D eigenvalue weighted by Crippen LogP contribution is 2.20. The molecular formula is C14H26N4O. The summed E-state index contributed by atoms with van der Waals surface area (Å²) in [4.78, 5) is 6.58. The number of nitrogens with one attached hydrogen (secondary N) is 1. The normalized spacial score (nSPS) is 12.7. The van der Waals surface area contributed by atoms with Gasteiger partial charge in [0, 0.05) is 12.2 Å². The third-order valence-electron chi connectivity index (χ3n) is 3.28. The lowest BCUT2D eigenvalue weighted by Gasteiger charge is -2.22.